The molecule has 2 rings (SSSR count). The Hall–Kier alpha value is -2.17. The lowest BCUT2D eigenvalue weighted by Gasteiger charge is -2.01. The molecule has 5 nitrogen and oxygen atoms in total. The molecule has 0 N–H and O–H groups in total. The Bertz CT molecular complexity index is 493. The minimum Gasteiger partial charge on any atom is -0.455 e. The van der Waals surface area contributed by atoms with Crippen molar-refractivity contribution < 1.29 is 14.5 Å². The van der Waals surface area contributed by atoms with Crippen molar-refractivity contribution in [3.05, 3.63) is 46.0 Å². The molecule has 82 valence electrons. The summed E-state index contributed by atoms with van der Waals surface area (Å²) in [5.74, 6) is -0.512. The molecule has 0 saturated heterocycles. The summed E-state index contributed by atoms with van der Waals surface area (Å²) in [7, 11) is 0. The van der Waals surface area contributed by atoms with E-state index in [0.29, 0.717) is 5.56 Å². The van der Waals surface area contributed by atoms with Crippen LogP contribution < -0.4 is 0 Å². The first-order valence-corrected chi connectivity index (χ1v) is 4.76. The van der Waals surface area contributed by atoms with Gasteiger partial charge in [-0.25, -0.2) is 4.79 Å². The van der Waals surface area contributed by atoms with Gasteiger partial charge in [-0.05, 0) is 19.1 Å². The molecule has 0 aromatic heterocycles. The van der Waals surface area contributed by atoms with Crippen LogP contribution in [0.2, 0.25) is 0 Å². The fraction of sp³-hybridized carbons (Fsp3) is 0.182. The number of carbonyl (C=O) groups is 1. The molecule has 0 saturated carbocycles. The normalized spacial score (nSPS) is 19.2. The third-order valence-electron chi connectivity index (χ3n) is 2.31. The Morgan fingerprint density at radius 3 is 2.62 bits per heavy atom. The van der Waals surface area contributed by atoms with E-state index in [1.54, 1.807) is 31.2 Å². The Labute approximate surface area is 91.5 Å². The van der Waals surface area contributed by atoms with Crippen molar-refractivity contribution >= 4 is 17.2 Å². The predicted octanol–water partition coefficient (Wildman–Crippen LogP) is 1.92. The monoisotopic (exact) mass is 219 g/mol. The van der Waals surface area contributed by atoms with E-state index in [-0.39, 0.29) is 17.4 Å². The quantitative estimate of drug-likeness (QED) is 0.433. The van der Waals surface area contributed by atoms with Gasteiger partial charge in [-0.2, -0.15) is 0 Å². The minimum absolute atomic E-state index is 0.0835. The number of esters is 1. The van der Waals surface area contributed by atoms with Crippen LogP contribution in [0.3, 0.4) is 0 Å². The van der Waals surface area contributed by atoms with Crippen molar-refractivity contribution in [1.29, 1.82) is 0 Å². The van der Waals surface area contributed by atoms with Crippen LogP contribution >= 0.6 is 0 Å². The van der Waals surface area contributed by atoms with Crippen LogP contribution in [0.1, 0.15) is 12.5 Å². The number of para-hydroxylation sites is 1. The highest BCUT2D eigenvalue weighted by atomic mass is 16.6. The maximum Gasteiger partial charge on any atom is 0.339 e. The van der Waals surface area contributed by atoms with Crippen LogP contribution in [-0.4, -0.2) is 17.0 Å². The van der Waals surface area contributed by atoms with E-state index >= 15 is 0 Å². The highest BCUT2D eigenvalue weighted by Crippen LogP contribution is 2.30. The summed E-state index contributed by atoms with van der Waals surface area (Å²) in [6.45, 7) is 1.71. The molecule has 1 aromatic carbocycles. The third-order valence-corrected chi connectivity index (χ3v) is 2.31. The second-order valence-electron chi connectivity index (χ2n) is 3.47. The number of nitro benzene ring substituents is 1. The summed E-state index contributed by atoms with van der Waals surface area (Å²) in [4.78, 5) is 21.7. The van der Waals surface area contributed by atoms with Crippen LogP contribution in [0, 0.1) is 10.1 Å². The van der Waals surface area contributed by atoms with Crippen molar-refractivity contribution in [2.24, 2.45) is 0 Å². The molecule has 1 aromatic rings. The van der Waals surface area contributed by atoms with Gasteiger partial charge in [0.1, 0.15) is 6.10 Å². The van der Waals surface area contributed by atoms with E-state index in [0.717, 1.165) is 0 Å². The molecule has 1 atom stereocenters. The second kappa shape index (κ2) is 3.77. The van der Waals surface area contributed by atoms with Gasteiger partial charge in [0.05, 0.1) is 16.1 Å². The van der Waals surface area contributed by atoms with Crippen LogP contribution in [-0.2, 0) is 9.53 Å². The minimum atomic E-state index is -0.512. The molecule has 0 spiro atoms. The molecular formula is C11H9NO4. The molecule has 0 fully saturated rings. The Morgan fingerprint density at radius 2 is 2.06 bits per heavy atom. The first kappa shape index (κ1) is 10.4. The van der Waals surface area contributed by atoms with Crippen molar-refractivity contribution in [2.45, 2.75) is 13.0 Å². The number of ether oxygens (including phenoxy) is 1. The summed E-state index contributed by atoms with van der Waals surface area (Å²) in [6.07, 6.45) is 1.26. The topological polar surface area (TPSA) is 69.4 Å². The number of nitro groups is 1. The number of hydrogen-bond donors (Lipinski definition) is 0. The van der Waals surface area contributed by atoms with Gasteiger partial charge >= 0.3 is 5.97 Å². The van der Waals surface area contributed by atoms with Crippen LogP contribution in [0.15, 0.2) is 30.3 Å². The molecule has 1 aliphatic rings. The van der Waals surface area contributed by atoms with Gasteiger partial charge in [0.15, 0.2) is 0 Å². The van der Waals surface area contributed by atoms with Gasteiger partial charge in [-0.3, -0.25) is 10.1 Å². The first-order chi connectivity index (χ1) is 7.59. The summed E-state index contributed by atoms with van der Waals surface area (Å²) in [5.41, 5.74) is 0.487. The number of benzene rings is 1. The van der Waals surface area contributed by atoms with Crippen molar-refractivity contribution in [3.8, 4) is 0 Å². The fourth-order valence-corrected chi connectivity index (χ4v) is 1.63. The molecule has 0 radical (unpaired) electrons. The van der Waals surface area contributed by atoms with Gasteiger partial charge in [0.25, 0.3) is 5.69 Å². The van der Waals surface area contributed by atoms with Crippen LogP contribution in [0.4, 0.5) is 5.69 Å². The smallest absolute Gasteiger partial charge is 0.339 e. The van der Waals surface area contributed by atoms with Gasteiger partial charge < -0.3 is 4.74 Å². The molecule has 1 heterocycles. The van der Waals surface area contributed by atoms with E-state index in [4.69, 9.17) is 4.74 Å². The highest BCUT2D eigenvalue weighted by molar-refractivity contribution is 6.19. The standard InChI is InChI=1S/C11H9NO4/c1-7-6-9(11(13)16-7)8-4-2-3-5-10(8)12(14)15/h2-7H,1H3. The molecular weight excluding hydrogens is 210 g/mol. The van der Waals surface area contributed by atoms with Gasteiger partial charge in [0, 0.05) is 6.07 Å². The van der Waals surface area contributed by atoms with E-state index in [1.165, 1.54) is 6.07 Å². The SMILES string of the molecule is CC1C=C(c2ccccc2[N+](=O)[O-])C(=O)O1. The maximum atomic E-state index is 11.4. The van der Waals surface area contributed by atoms with Crippen LogP contribution in [0.25, 0.3) is 5.57 Å². The summed E-state index contributed by atoms with van der Waals surface area (Å²) < 4.78 is 4.91. The fourth-order valence-electron chi connectivity index (χ4n) is 1.63. The number of carbonyl (C=O) groups excluding carboxylic acids is 1. The Kier molecular flexibility index (Phi) is 2.44. The summed E-state index contributed by atoms with van der Waals surface area (Å²) in [5, 5.41) is 10.8. The highest BCUT2D eigenvalue weighted by Gasteiger charge is 2.28. The maximum absolute atomic E-state index is 11.4. The van der Waals surface area contributed by atoms with Crippen molar-refractivity contribution in [2.75, 3.05) is 0 Å². The largest absolute Gasteiger partial charge is 0.455 e. The van der Waals surface area contributed by atoms with E-state index in [2.05, 4.69) is 0 Å². The lowest BCUT2D eigenvalue weighted by atomic mass is 10.0. The third kappa shape index (κ3) is 1.67. The predicted molar refractivity (Wildman–Crippen MR) is 56.6 cm³/mol. The number of nitrogens with zero attached hydrogens (tertiary/aromatic N) is 1. The molecule has 5 heteroatoms. The van der Waals surface area contributed by atoms with E-state index < -0.39 is 10.9 Å². The molecule has 1 unspecified atom stereocenters. The van der Waals surface area contributed by atoms with Gasteiger partial charge in [0.2, 0.25) is 0 Å². The lowest BCUT2D eigenvalue weighted by Crippen LogP contribution is -2.04. The molecule has 16 heavy (non-hydrogen) atoms. The van der Waals surface area contributed by atoms with Gasteiger partial charge in [-0.15, -0.1) is 0 Å². The molecule has 0 bridgehead atoms. The number of hydrogen-bond acceptors (Lipinski definition) is 4. The average molecular weight is 219 g/mol. The Balaban J connectivity index is 2.52. The zero-order valence-corrected chi connectivity index (χ0v) is 8.54. The summed E-state index contributed by atoms with van der Waals surface area (Å²) in [6, 6.07) is 6.13. The number of cyclic esters (lactones) is 1. The average Bonchev–Trinajstić information content (AvgIpc) is 2.57. The molecule has 0 amide bonds. The van der Waals surface area contributed by atoms with E-state index in [1.807, 2.05) is 0 Å². The van der Waals surface area contributed by atoms with Crippen molar-refractivity contribution in [1.82, 2.24) is 0 Å². The lowest BCUT2D eigenvalue weighted by molar-refractivity contribution is -0.385. The first-order valence-electron chi connectivity index (χ1n) is 4.76. The second-order valence-corrected chi connectivity index (χ2v) is 3.47. The summed E-state index contributed by atoms with van der Waals surface area (Å²) >= 11 is 0. The Morgan fingerprint density at radius 1 is 1.38 bits per heavy atom. The molecule has 1 aliphatic heterocycles. The molecule has 0 aliphatic carbocycles. The van der Waals surface area contributed by atoms with Crippen molar-refractivity contribution in [3.63, 3.8) is 0 Å². The zero-order chi connectivity index (χ0) is 11.7. The zero-order valence-electron chi connectivity index (χ0n) is 8.54. The number of rotatable bonds is 2. The van der Waals surface area contributed by atoms with E-state index in [9.17, 15) is 14.9 Å². The van der Waals surface area contributed by atoms with Gasteiger partial charge in [-0.1, -0.05) is 12.1 Å². The van der Waals surface area contributed by atoms with Crippen LogP contribution in [0.5, 0.6) is 0 Å².